The van der Waals surface area contributed by atoms with Crippen LogP contribution in [0.5, 0.6) is 0 Å². The molecule has 1 heterocycles. The molecule has 0 aliphatic rings. The number of likely N-dealkylation sites (N-methyl/N-ethyl adjacent to an activating group) is 1. The lowest BCUT2D eigenvalue weighted by Crippen LogP contribution is -2.33. The second-order valence-electron chi connectivity index (χ2n) is 4.48. The van der Waals surface area contributed by atoms with E-state index in [0.717, 1.165) is 10.9 Å². The van der Waals surface area contributed by atoms with Gasteiger partial charge in [0, 0.05) is 23.8 Å². The Hall–Kier alpha value is -1.68. The van der Waals surface area contributed by atoms with Crippen LogP contribution in [0.4, 0.5) is 0 Å². The third-order valence-electron chi connectivity index (χ3n) is 3.13. The van der Waals surface area contributed by atoms with E-state index in [9.17, 15) is 4.79 Å². The summed E-state index contributed by atoms with van der Waals surface area (Å²) in [4.78, 5) is 18.3. The first-order valence-electron chi connectivity index (χ1n) is 6.65. The Morgan fingerprint density at radius 1 is 1.20 bits per heavy atom. The number of carbonyl (C=O) groups is 1. The van der Waals surface area contributed by atoms with Crippen LogP contribution in [0.1, 0.15) is 23.0 Å². The van der Waals surface area contributed by atoms with Gasteiger partial charge in [0.15, 0.2) is 0 Å². The molecule has 3 nitrogen and oxygen atoms in total. The molecule has 2 rings (SSSR count). The number of hydrogen-bond donors (Lipinski definition) is 0. The molecule has 0 spiro atoms. The monoisotopic (exact) mass is 332 g/mol. The summed E-state index contributed by atoms with van der Waals surface area (Å²) >= 11 is 3.32. The molecule has 0 saturated carbocycles. The van der Waals surface area contributed by atoms with Crippen molar-refractivity contribution in [2.75, 3.05) is 13.1 Å². The minimum atomic E-state index is -0.0177. The van der Waals surface area contributed by atoms with Gasteiger partial charge in [-0.2, -0.15) is 0 Å². The van der Waals surface area contributed by atoms with Crippen LogP contribution in [0.3, 0.4) is 0 Å². The number of carbonyl (C=O) groups excluding carboxylic acids is 1. The molecule has 1 aromatic heterocycles. The fourth-order valence-electron chi connectivity index (χ4n) is 1.98. The molecule has 104 valence electrons. The maximum Gasteiger partial charge on any atom is 0.272 e. The molecule has 0 atom stereocenters. The number of nitrogens with zero attached hydrogens (tertiary/aromatic N) is 2. The second-order valence-corrected chi connectivity index (χ2v) is 5.40. The highest BCUT2D eigenvalue weighted by Gasteiger charge is 2.15. The standard InChI is InChI=1S/C16H17BrN2O/c1-2-19(11-10-13-6-4-3-5-7-13)16(20)15-9-8-14(17)12-18-15/h3-9,12H,2,10-11H2,1H3. The minimum absolute atomic E-state index is 0.0177. The lowest BCUT2D eigenvalue weighted by molar-refractivity contribution is 0.0760. The van der Waals surface area contributed by atoms with E-state index < -0.39 is 0 Å². The number of halogens is 1. The third kappa shape index (κ3) is 3.90. The van der Waals surface area contributed by atoms with Crippen LogP contribution in [-0.2, 0) is 6.42 Å². The Bertz CT molecular complexity index is 554. The Morgan fingerprint density at radius 3 is 2.55 bits per heavy atom. The van der Waals surface area contributed by atoms with Crippen molar-refractivity contribution in [3.63, 3.8) is 0 Å². The summed E-state index contributed by atoms with van der Waals surface area (Å²) in [7, 11) is 0. The van der Waals surface area contributed by atoms with Crippen molar-refractivity contribution in [3.8, 4) is 0 Å². The average Bonchev–Trinajstić information content (AvgIpc) is 2.49. The highest BCUT2D eigenvalue weighted by molar-refractivity contribution is 9.10. The Morgan fingerprint density at radius 2 is 1.95 bits per heavy atom. The summed E-state index contributed by atoms with van der Waals surface area (Å²) in [5, 5.41) is 0. The van der Waals surface area contributed by atoms with Crippen molar-refractivity contribution in [1.29, 1.82) is 0 Å². The number of hydrogen-bond acceptors (Lipinski definition) is 2. The fourth-order valence-corrected chi connectivity index (χ4v) is 2.21. The van der Waals surface area contributed by atoms with E-state index in [-0.39, 0.29) is 5.91 Å². The van der Waals surface area contributed by atoms with Crippen molar-refractivity contribution in [2.45, 2.75) is 13.3 Å². The van der Waals surface area contributed by atoms with Crippen LogP contribution in [0.25, 0.3) is 0 Å². The van der Waals surface area contributed by atoms with Crippen molar-refractivity contribution in [3.05, 3.63) is 64.4 Å². The van der Waals surface area contributed by atoms with E-state index in [4.69, 9.17) is 0 Å². The fraction of sp³-hybridized carbons (Fsp3) is 0.250. The van der Waals surface area contributed by atoms with Gasteiger partial charge in [-0.3, -0.25) is 4.79 Å². The van der Waals surface area contributed by atoms with Gasteiger partial charge >= 0.3 is 0 Å². The van der Waals surface area contributed by atoms with Crippen LogP contribution in [0, 0.1) is 0 Å². The quantitative estimate of drug-likeness (QED) is 0.838. The Kier molecular flexibility index (Phi) is 5.30. The molecule has 0 aliphatic heterocycles. The molecule has 0 bridgehead atoms. The molecule has 2 aromatic rings. The number of amides is 1. The number of aromatic nitrogens is 1. The maximum absolute atomic E-state index is 12.4. The topological polar surface area (TPSA) is 33.2 Å². The Balaban J connectivity index is 2.00. The number of pyridine rings is 1. The lowest BCUT2D eigenvalue weighted by atomic mass is 10.1. The van der Waals surface area contributed by atoms with Gasteiger partial charge < -0.3 is 4.90 Å². The predicted molar refractivity (Wildman–Crippen MR) is 83.7 cm³/mol. The van der Waals surface area contributed by atoms with Gasteiger partial charge in [0.25, 0.3) is 5.91 Å². The molecule has 20 heavy (non-hydrogen) atoms. The maximum atomic E-state index is 12.4. The first-order valence-corrected chi connectivity index (χ1v) is 7.44. The summed E-state index contributed by atoms with van der Waals surface area (Å²) in [6.07, 6.45) is 2.51. The van der Waals surface area contributed by atoms with E-state index in [1.165, 1.54) is 5.56 Å². The van der Waals surface area contributed by atoms with Gasteiger partial charge in [0.05, 0.1) is 0 Å². The summed E-state index contributed by atoms with van der Waals surface area (Å²) in [5.74, 6) is -0.0177. The van der Waals surface area contributed by atoms with Crippen molar-refractivity contribution in [1.82, 2.24) is 9.88 Å². The van der Waals surface area contributed by atoms with Gasteiger partial charge in [-0.25, -0.2) is 4.98 Å². The highest BCUT2D eigenvalue weighted by Crippen LogP contribution is 2.10. The van der Waals surface area contributed by atoms with Crippen LogP contribution >= 0.6 is 15.9 Å². The molecule has 0 radical (unpaired) electrons. The summed E-state index contributed by atoms with van der Waals surface area (Å²) in [6.45, 7) is 3.38. The first kappa shape index (κ1) is 14.7. The molecule has 0 saturated heterocycles. The lowest BCUT2D eigenvalue weighted by Gasteiger charge is -2.20. The van der Waals surface area contributed by atoms with E-state index in [0.29, 0.717) is 18.8 Å². The van der Waals surface area contributed by atoms with E-state index in [1.807, 2.05) is 36.1 Å². The van der Waals surface area contributed by atoms with E-state index in [1.54, 1.807) is 12.3 Å². The van der Waals surface area contributed by atoms with Gasteiger partial charge in [0.2, 0.25) is 0 Å². The number of benzene rings is 1. The van der Waals surface area contributed by atoms with Crippen molar-refractivity contribution < 1.29 is 4.79 Å². The van der Waals surface area contributed by atoms with Crippen LogP contribution in [-0.4, -0.2) is 28.9 Å². The van der Waals surface area contributed by atoms with Gasteiger partial charge in [-0.15, -0.1) is 0 Å². The largest absolute Gasteiger partial charge is 0.337 e. The van der Waals surface area contributed by atoms with E-state index in [2.05, 4.69) is 33.0 Å². The molecule has 0 aliphatic carbocycles. The van der Waals surface area contributed by atoms with Gasteiger partial charge in [0.1, 0.15) is 5.69 Å². The number of rotatable bonds is 5. The zero-order valence-electron chi connectivity index (χ0n) is 11.4. The third-order valence-corrected chi connectivity index (χ3v) is 3.60. The SMILES string of the molecule is CCN(CCc1ccccc1)C(=O)c1ccc(Br)cn1. The predicted octanol–water partition coefficient (Wildman–Crippen LogP) is 3.55. The molecule has 1 amide bonds. The Labute approximate surface area is 127 Å². The molecular weight excluding hydrogens is 316 g/mol. The van der Waals surface area contributed by atoms with E-state index >= 15 is 0 Å². The molecule has 0 fully saturated rings. The van der Waals surface area contributed by atoms with Gasteiger partial charge in [-0.1, -0.05) is 30.3 Å². The molecule has 1 aromatic carbocycles. The summed E-state index contributed by atoms with van der Waals surface area (Å²) in [6, 6.07) is 13.8. The average molecular weight is 333 g/mol. The summed E-state index contributed by atoms with van der Waals surface area (Å²) < 4.78 is 0.876. The first-order chi connectivity index (χ1) is 9.70. The molecule has 4 heteroatoms. The molecule has 0 N–H and O–H groups in total. The van der Waals surface area contributed by atoms with Crippen LogP contribution < -0.4 is 0 Å². The normalized spacial score (nSPS) is 10.3. The van der Waals surface area contributed by atoms with Crippen LogP contribution in [0.2, 0.25) is 0 Å². The summed E-state index contributed by atoms with van der Waals surface area (Å²) in [5.41, 5.74) is 1.73. The molecular formula is C16H17BrN2O. The zero-order chi connectivity index (χ0) is 14.4. The molecule has 0 unspecified atom stereocenters. The van der Waals surface area contributed by atoms with Gasteiger partial charge in [-0.05, 0) is 47.0 Å². The van der Waals surface area contributed by atoms with Crippen LogP contribution in [0.15, 0.2) is 53.1 Å². The highest BCUT2D eigenvalue weighted by atomic mass is 79.9. The minimum Gasteiger partial charge on any atom is -0.337 e. The second kappa shape index (κ2) is 7.20. The zero-order valence-corrected chi connectivity index (χ0v) is 13.0. The van der Waals surface area contributed by atoms with Crippen molar-refractivity contribution >= 4 is 21.8 Å². The van der Waals surface area contributed by atoms with Crippen molar-refractivity contribution in [2.24, 2.45) is 0 Å². The smallest absolute Gasteiger partial charge is 0.272 e.